The number of carbonyl (C=O) groups is 4. The third-order valence-electron chi connectivity index (χ3n) is 5.87. The minimum Gasteiger partial charge on any atom is -0.459 e. The van der Waals surface area contributed by atoms with Gasteiger partial charge in [-0.05, 0) is 57.2 Å². The first-order valence-corrected chi connectivity index (χ1v) is 13.5. The van der Waals surface area contributed by atoms with Crippen molar-refractivity contribution >= 4 is 24.2 Å². The zero-order valence-corrected chi connectivity index (χ0v) is 23.9. The maximum absolute atomic E-state index is 12.6. The lowest BCUT2D eigenvalue weighted by atomic mass is 10.1. The van der Waals surface area contributed by atoms with E-state index in [4.69, 9.17) is 34.2 Å². The lowest BCUT2D eigenvalue weighted by Crippen LogP contribution is -2.40. The predicted octanol–water partition coefficient (Wildman–Crippen LogP) is 5.10. The molecule has 0 aromatic heterocycles. The number of esters is 2. The highest BCUT2D eigenvalue weighted by Crippen LogP contribution is 2.30. The van der Waals surface area contributed by atoms with Crippen molar-refractivity contribution in [2.75, 3.05) is 13.2 Å². The molecule has 0 spiro atoms. The van der Waals surface area contributed by atoms with E-state index in [0.717, 1.165) is 12.8 Å². The van der Waals surface area contributed by atoms with Gasteiger partial charge in [0.1, 0.15) is 18.2 Å². The van der Waals surface area contributed by atoms with Crippen LogP contribution in [0.5, 0.6) is 11.5 Å². The Balaban J connectivity index is 2.90. The SMILES string of the molecule is CCCCOC(=O)Oc1ccc(C[C@H](N)C(=O)O[C@@H](C)C(C)OC(=O)C(C)CC)cc1OC(=O)OCCCC. The molecule has 11 nitrogen and oxygen atoms in total. The maximum Gasteiger partial charge on any atom is 0.513 e. The molecule has 1 aromatic rings. The van der Waals surface area contributed by atoms with Crippen LogP contribution in [-0.4, -0.2) is 55.7 Å². The summed E-state index contributed by atoms with van der Waals surface area (Å²) in [6.45, 7) is 11.1. The Kier molecular flexibility index (Phi) is 15.6. The molecule has 0 radical (unpaired) electrons. The standard InChI is InChI=1S/C28H43NO10/c1-7-10-14-34-27(32)38-23-13-12-21(17-24(23)39-28(33)35-15-11-8-2)16-22(29)26(31)37-20(6)19(5)36-25(30)18(4)9-3/h12-13,17-20,22H,7-11,14-16,29H2,1-6H3/t18?,19?,20-,22-/m0/s1. The molecule has 0 aliphatic heterocycles. The topological polar surface area (TPSA) is 150 Å². The van der Waals surface area contributed by atoms with Gasteiger partial charge in [0.15, 0.2) is 11.5 Å². The number of benzene rings is 1. The van der Waals surface area contributed by atoms with Gasteiger partial charge in [-0.1, -0.05) is 46.6 Å². The molecule has 0 aliphatic rings. The molecule has 4 atom stereocenters. The molecule has 0 bridgehead atoms. The van der Waals surface area contributed by atoms with Crippen molar-refractivity contribution in [2.24, 2.45) is 11.7 Å². The molecule has 0 saturated carbocycles. The van der Waals surface area contributed by atoms with Crippen LogP contribution in [-0.2, 0) is 35.0 Å². The van der Waals surface area contributed by atoms with Gasteiger partial charge < -0.3 is 34.2 Å². The van der Waals surface area contributed by atoms with Crippen molar-refractivity contribution in [1.29, 1.82) is 0 Å². The molecule has 11 heteroatoms. The summed E-state index contributed by atoms with van der Waals surface area (Å²) in [5.41, 5.74) is 6.57. The van der Waals surface area contributed by atoms with Gasteiger partial charge in [-0.15, -0.1) is 0 Å². The molecule has 39 heavy (non-hydrogen) atoms. The molecule has 0 heterocycles. The number of hydrogen-bond acceptors (Lipinski definition) is 11. The van der Waals surface area contributed by atoms with Gasteiger partial charge in [-0.2, -0.15) is 0 Å². The van der Waals surface area contributed by atoms with Gasteiger partial charge in [-0.25, -0.2) is 9.59 Å². The average molecular weight is 554 g/mol. The second-order valence-corrected chi connectivity index (χ2v) is 9.29. The van der Waals surface area contributed by atoms with Gasteiger partial charge >= 0.3 is 24.2 Å². The molecule has 1 aromatic carbocycles. The molecule has 0 aliphatic carbocycles. The van der Waals surface area contributed by atoms with E-state index in [1.807, 2.05) is 20.8 Å². The average Bonchev–Trinajstić information content (AvgIpc) is 2.89. The molecule has 0 fully saturated rings. The number of nitrogens with two attached hydrogens (primary N) is 1. The van der Waals surface area contributed by atoms with Crippen LogP contribution in [0.15, 0.2) is 18.2 Å². The van der Waals surface area contributed by atoms with Crippen LogP contribution in [0.1, 0.15) is 79.2 Å². The lowest BCUT2D eigenvalue weighted by molar-refractivity contribution is -0.168. The number of carbonyl (C=O) groups excluding carboxylic acids is 4. The minimum absolute atomic E-state index is 0.0229. The van der Waals surface area contributed by atoms with Gasteiger partial charge in [0.2, 0.25) is 0 Å². The van der Waals surface area contributed by atoms with E-state index in [-0.39, 0.29) is 43.0 Å². The zero-order valence-electron chi connectivity index (χ0n) is 23.9. The monoisotopic (exact) mass is 553 g/mol. The van der Waals surface area contributed by atoms with Crippen LogP contribution in [0.2, 0.25) is 0 Å². The highest BCUT2D eigenvalue weighted by molar-refractivity contribution is 5.76. The second kappa shape index (κ2) is 18.0. The first-order valence-electron chi connectivity index (χ1n) is 13.5. The Bertz CT molecular complexity index is 935. The number of hydrogen-bond donors (Lipinski definition) is 1. The molecule has 2 unspecified atom stereocenters. The van der Waals surface area contributed by atoms with E-state index in [1.54, 1.807) is 26.8 Å². The van der Waals surface area contributed by atoms with Gasteiger partial charge in [0, 0.05) is 0 Å². The highest BCUT2D eigenvalue weighted by atomic mass is 16.7. The summed E-state index contributed by atoms with van der Waals surface area (Å²) in [6, 6.07) is 3.32. The van der Waals surface area contributed by atoms with E-state index < -0.39 is 36.5 Å². The van der Waals surface area contributed by atoms with Crippen LogP contribution in [0, 0.1) is 5.92 Å². The summed E-state index contributed by atoms with van der Waals surface area (Å²) in [4.78, 5) is 48.8. The molecule has 0 amide bonds. The molecular weight excluding hydrogens is 510 g/mol. The van der Waals surface area contributed by atoms with Crippen molar-refractivity contribution in [3.05, 3.63) is 23.8 Å². The van der Waals surface area contributed by atoms with Crippen molar-refractivity contribution in [2.45, 2.75) is 98.3 Å². The smallest absolute Gasteiger partial charge is 0.459 e. The minimum atomic E-state index is -1.07. The van der Waals surface area contributed by atoms with Crippen LogP contribution in [0.3, 0.4) is 0 Å². The molecule has 2 N–H and O–H groups in total. The number of unbranched alkanes of at least 4 members (excludes halogenated alkanes) is 2. The number of rotatable bonds is 16. The molecule has 220 valence electrons. The van der Waals surface area contributed by atoms with E-state index >= 15 is 0 Å². The fourth-order valence-corrected chi connectivity index (χ4v) is 2.95. The number of ether oxygens (including phenoxy) is 6. The van der Waals surface area contributed by atoms with Crippen LogP contribution in [0.4, 0.5) is 9.59 Å². The quantitative estimate of drug-likeness (QED) is 0.126. The van der Waals surface area contributed by atoms with Crippen LogP contribution in [0.25, 0.3) is 0 Å². The largest absolute Gasteiger partial charge is 0.513 e. The molecule has 0 saturated heterocycles. The Morgan fingerprint density at radius 3 is 1.79 bits per heavy atom. The summed E-state index contributed by atoms with van der Waals surface area (Å²) >= 11 is 0. The van der Waals surface area contributed by atoms with E-state index in [1.165, 1.54) is 12.1 Å². The normalized spacial score (nSPS) is 13.8. The first kappa shape index (κ1) is 33.7. The van der Waals surface area contributed by atoms with Crippen molar-refractivity contribution < 1.29 is 47.6 Å². The van der Waals surface area contributed by atoms with E-state index in [9.17, 15) is 19.2 Å². The van der Waals surface area contributed by atoms with Gasteiger partial charge in [-0.3, -0.25) is 9.59 Å². The summed E-state index contributed by atoms with van der Waals surface area (Å²) in [6.07, 6.45) is 0.362. The van der Waals surface area contributed by atoms with E-state index in [0.29, 0.717) is 24.8 Å². The van der Waals surface area contributed by atoms with Gasteiger partial charge in [0.25, 0.3) is 0 Å². The third kappa shape index (κ3) is 12.8. The first-order chi connectivity index (χ1) is 18.5. The van der Waals surface area contributed by atoms with Crippen molar-refractivity contribution in [3.63, 3.8) is 0 Å². The summed E-state index contributed by atoms with van der Waals surface area (Å²) < 4.78 is 31.3. The Labute approximate surface area is 230 Å². The predicted molar refractivity (Wildman–Crippen MR) is 142 cm³/mol. The lowest BCUT2D eigenvalue weighted by Gasteiger charge is -2.23. The Hall–Kier alpha value is -3.34. The second-order valence-electron chi connectivity index (χ2n) is 9.29. The third-order valence-corrected chi connectivity index (χ3v) is 5.87. The Morgan fingerprint density at radius 2 is 1.28 bits per heavy atom. The van der Waals surface area contributed by atoms with Crippen LogP contribution < -0.4 is 15.2 Å². The summed E-state index contributed by atoms with van der Waals surface area (Å²) in [5, 5.41) is 0. The van der Waals surface area contributed by atoms with E-state index in [2.05, 4.69) is 0 Å². The van der Waals surface area contributed by atoms with Crippen molar-refractivity contribution in [1.82, 2.24) is 0 Å². The molecular formula is C28H43NO10. The maximum atomic E-state index is 12.6. The summed E-state index contributed by atoms with van der Waals surface area (Å²) in [7, 11) is 0. The Morgan fingerprint density at radius 1 is 0.769 bits per heavy atom. The molecule has 1 rings (SSSR count). The van der Waals surface area contributed by atoms with Crippen molar-refractivity contribution in [3.8, 4) is 11.5 Å². The summed E-state index contributed by atoms with van der Waals surface area (Å²) in [5.74, 6) is -1.48. The zero-order chi connectivity index (χ0) is 29.4. The fraction of sp³-hybridized carbons (Fsp3) is 0.643. The van der Waals surface area contributed by atoms with Crippen LogP contribution >= 0.6 is 0 Å². The highest BCUT2D eigenvalue weighted by Gasteiger charge is 2.26. The van der Waals surface area contributed by atoms with Gasteiger partial charge in [0.05, 0.1) is 19.1 Å². The fourth-order valence-electron chi connectivity index (χ4n) is 2.95.